The van der Waals surface area contributed by atoms with Crippen LogP contribution in [-0.2, 0) is 33.6 Å². The van der Waals surface area contributed by atoms with Gasteiger partial charge in [0.25, 0.3) is 0 Å². The van der Waals surface area contributed by atoms with E-state index in [4.69, 9.17) is 14.2 Å². The Morgan fingerprint density at radius 1 is 0.911 bits per heavy atom. The molecule has 3 heterocycles. The molecule has 0 bridgehead atoms. The number of sulfone groups is 1. The van der Waals surface area contributed by atoms with Crippen LogP contribution in [0.15, 0.2) is 29.2 Å². The third-order valence-electron chi connectivity index (χ3n) is 9.28. The number of tetrazole rings is 1. The minimum Gasteiger partial charge on any atom is -0.465 e. The second-order valence-corrected chi connectivity index (χ2v) is 14.2. The van der Waals surface area contributed by atoms with Crippen molar-refractivity contribution >= 4 is 27.9 Å². The van der Waals surface area contributed by atoms with Gasteiger partial charge in [0.15, 0.2) is 9.84 Å². The van der Waals surface area contributed by atoms with Crippen molar-refractivity contribution in [1.29, 1.82) is 0 Å². The van der Waals surface area contributed by atoms with Gasteiger partial charge in [-0.15, -0.1) is 10.2 Å². The highest BCUT2D eigenvalue weighted by molar-refractivity contribution is 7.90. The Morgan fingerprint density at radius 3 is 2.24 bits per heavy atom. The molecule has 2 aliphatic heterocycles. The van der Waals surface area contributed by atoms with E-state index < -0.39 is 34.0 Å². The number of piperidine rings is 1. The highest BCUT2D eigenvalue weighted by atomic mass is 32.2. The molecule has 0 N–H and O–H groups in total. The van der Waals surface area contributed by atoms with E-state index in [0.717, 1.165) is 25.5 Å². The Labute approximate surface area is 263 Å². The Bertz CT molecular complexity index is 1480. The predicted molar refractivity (Wildman–Crippen MR) is 160 cm³/mol. The number of likely N-dealkylation sites (tertiary alicyclic amines) is 2. The second kappa shape index (κ2) is 13.8. The first-order valence-corrected chi connectivity index (χ1v) is 17.4. The van der Waals surface area contributed by atoms with Crippen LogP contribution >= 0.6 is 0 Å². The van der Waals surface area contributed by atoms with E-state index in [9.17, 15) is 22.8 Å². The van der Waals surface area contributed by atoms with E-state index in [1.807, 2.05) is 0 Å². The van der Waals surface area contributed by atoms with Crippen molar-refractivity contribution in [2.75, 3.05) is 46.2 Å². The van der Waals surface area contributed by atoms with E-state index >= 15 is 0 Å². The molecule has 1 aliphatic carbocycles. The summed E-state index contributed by atoms with van der Waals surface area (Å²) in [6.45, 7) is 5.74. The van der Waals surface area contributed by atoms with Crippen molar-refractivity contribution in [2.45, 2.75) is 69.0 Å². The van der Waals surface area contributed by atoms with Gasteiger partial charge in [0.1, 0.15) is 12.1 Å². The highest BCUT2D eigenvalue weighted by Gasteiger charge is 2.46. The number of benzene rings is 1. The minimum absolute atomic E-state index is 0.205. The first-order chi connectivity index (χ1) is 21.5. The molecular weight excluding hydrogens is 604 g/mol. The summed E-state index contributed by atoms with van der Waals surface area (Å²) in [5, 5.41) is 13.1. The summed E-state index contributed by atoms with van der Waals surface area (Å²) >= 11 is 0. The number of methoxy groups -OCH3 is 1. The number of nitrogens with zero attached hydrogens (tertiary/aromatic N) is 6. The number of hydrogen-bond acceptors (Lipinski definition) is 12. The standard InChI is InChI=1S/C30H42N6O8S/c1-5-43-28(37)25-15-23(36-32-27(31-33-36)20-9-11-24(12-10-20)45(4,40)41)18-34(25)16-19-7-8-21-17-35(30(39)42-3)26(14-22(21)13-19)29(38)44-6-2/h9-12,19,21-23,25-26H,5-8,13-18H2,1-4H3. The highest BCUT2D eigenvalue weighted by Crippen LogP contribution is 2.42. The first-order valence-electron chi connectivity index (χ1n) is 15.5. The van der Waals surface area contributed by atoms with Gasteiger partial charge in [-0.25, -0.2) is 18.0 Å². The molecule has 1 aromatic heterocycles. The third-order valence-corrected chi connectivity index (χ3v) is 10.4. The van der Waals surface area contributed by atoms with Gasteiger partial charge in [0.2, 0.25) is 5.82 Å². The fourth-order valence-electron chi connectivity index (χ4n) is 7.10. The maximum Gasteiger partial charge on any atom is 0.410 e. The van der Waals surface area contributed by atoms with Crippen molar-refractivity contribution in [3.63, 3.8) is 0 Å². The molecule has 6 unspecified atom stereocenters. The zero-order valence-corrected chi connectivity index (χ0v) is 27.0. The summed E-state index contributed by atoms with van der Waals surface area (Å²) in [4.78, 5) is 43.8. The van der Waals surface area contributed by atoms with E-state index in [-0.39, 0.29) is 42.0 Å². The lowest BCUT2D eigenvalue weighted by molar-refractivity contribution is -0.153. The van der Waals surface area contributed by atoms with Gasteiger partial charge in [-0.3, -0.25) is 14.6 Å². The molecule has 1 saturated carbocycles. The van der Waals surface area contributed by atoms with Crippen molar-refractivity contribution in [3.8, 4) is 11.4 Å². The molecule has 5 rings (SSSR count). The van der Waals surface area contributed by atoms with E-state index in [1.165, 1.54) is 28.9 Å². The number of carbonyl (C=O) groups is 3. The zero-order chi connectivity index (χ0) is 32.3. The summed E-state index contributed by atoms with van der Waals surface area (Å²) in [5.74, 6) is 0.490. The van der Waals surface area contributed by atoms with Gasteiger partial charge in [0.05, 0.1) is 31.3 Å². The van der Waals surface area contributed by atoms with Crippen LogP contribution in [0.1, 0.15) is 52.0 Å². The lowest BCUT2D eigenvalue weighted by Crippen LogP contribution is -2.55. The van der Waals surface area contributed by atoms with Crippen LogP contribution in [-0.4, -0.2) is 115 Å². The van der Waals surface area contributed by atoms with E-state index in [0.29, 0.717) is 49.8 Å². The van der Waals surface area contributed by atoms with Crippen LogP contribution in [0.3, 0.4) is 0 Å². The fourth-order valence-corrected chi connectivity index (χ4v) is 7.73. The number of esters is 2. The summed E-state index contributed by atoms with van der Waals surface area (Å²) < 4.78 is 39.3. The number of amides is 1. The van der Waals surface area contributed by atoms with Crippen molar-refractivity contribution in [1.82, 2.24) is 30.0 Å². The van der Waals surface area contributed by atoms with Gasteiger partial charge in [-0.1, -0.05) is 0 Å². The zero-order valence-electron chi connectivity index (χ0n) is 26.2. The van der Waals surface area contributed by atoms with E-state index in [2.05, 4.69) is 20.3 Å². The molecule has 15 heteroatoms. The number of rotatable bonds is 9. The molecule has 0 radical (unpaired) electrons. The normalized spacial score (nSPS) is 27.1. The molecule has 45 heavy (non-hydrogen) atoms. The van der Waals surface area contributed by atoms with Crippen LogP contribution in [0.5, 0.6) is 0 Å². The molecule has 3 aliphatic rings. The molecule has 6 atom stereocenters. The topological polar surface area (TPSA) is 163 Å². The van der Waals surface area contributed by atoms with Crippen LogP contribution in [0.25, 0.3) is 11.4 Å². The molecule has 1 amide bonds. The van der Waals surface area contributed by atoms with Gasteiger partial charge in [0, 0.05) is 31.5 Å². The Kier molecular flexibility index (Phi) is 10.1. The maximum absolute atomic E-state index is 13.1. The lowest BCUT2D eigenvalue weighted by atomic mass is 9.69. The van der Waals surface area contributed by atoms with Gasteiger partial charge < -0.3 is 14.2 Å². The first kappa shape index (κ1) is 32.8. The van der Waals surface area contributed by atoms with Crippen LogP contribution < -0.4 is 0 Å². The largest absolute Gasteiger partial charge is 0.465 e. The Morgan fingerprint density at radius 2 is 1.60 bits per heavy atom. The van der Waals surface area contributed by atoms with Crippen molar-refractivity contribution in [3.05, 3.63) is 24.3 Å². The average Bonchev–Trinajstić information content (AvgIpc) is 3.68. The number of ether oxygens (including phenoxy) is 3. The molecule has 14 nitrogen and oxygen atoms in total. The monoisotopic (exact) mass is 646 g/mol. The predicted octanol–water partition coefficient (Wildman–Crippen LogP) is 2.36. The number of carbonyl (C=O) groups excluding carboxylic acids is 3. The molecule has 2 aromatic rings. The van der Waals surface area contributed by atoms with Crippen LogP contribution in [0.2, 0.25) is 0 Å². The van der Waals surface area contributed by atoms with E-state index in [1.54, 1.807) is 26.0 Å². The summed E-state index contributed by atoms with van der Waals surface area (Å²) in [7, 11) is -2.00. The van der Waals surface area contributed by atoms with Crippen molar-refractivity contribution < 1.29 is 37.0 Å². The third kappa shape index (κ3) is 7.29. The smallest absolute Gasteiger partial charge is 0.410 e. The number of hydrogen-bond donors (Lipinski definition) is 0. The molecule has 0 spiro atoms. The van der Waals surface area contributed by atoms with Crippen LogP contribution in [0.4, 0.5) is 4.79 Å². The molecule has 2 saturated heterocycles. The average molecular weight is 647 g/mol. The van der Waals surface area contributed by atoms with Crippen LogP contribution in [0, 0.1) is 17.8 Å². The minimum atomic E-state index is -3.32. The molecule has 3 fully saturated rings. The number of aromatic nitrogens is 4. The SMILES string of the molecule is CCOC(=O)C1CC(n2nnc(-c3ccc(S(C)(=O)=O)cc3)n2)CN1CC1CCC2CN(C(=O)OC)C(C(=O)OCC)CC2C1. The fraction of sp³-hybridized carbons (Fsp3) is 0.667. The van der Waals surface area contributed by atoms with Gasteiger partial charge in [-0.05, 0) is 93.2 Å². The van der Waals surface area contributed by atoms with Gasteiger partial charge >= 0.3 is 18.0 Å². The molecule has 1 aromatic carbocycles. The maximum atomic E-state index is 13.1. The molecular formula is C30H42N6O8S. The summed E-state index contributed by atoms with van der Waals surface area (Å²) in [6.07, 6.45) is 4.36. The summed E-state index contributed by atoms with van der Waals surface area (Å²) in [5.41, 5.74) is 0.640. The summed E-state index contributed by atoms with van der Waals surface area (Å²) in [6, 6.07) is 5.01. The second-order valence-electron chi connectivity index (χ2n) is 12.2. The lowest BCUT2D eigenvalue weighted by Gasteiger charge is -2.46. The number of fused-ring (bicyclic) bond motifs is 1. The molecule has 246 valence electrons. The Hall–Kier alpha value is -3.59. The quantitative estimate of drug-likeness (QED) is 0.289. The van der Waals surface area contributed by atoms with Gasteiger partial charge in [-0.2, -0.15) is 4.80 Å². The Balaban J connectivity index is 1.27. The van der Waals surface area contributed by atoms with Crippen molar-refractivity contribution in [2.24, 2.45) is 17.8 Å².